The average Bonchev–Trinajstić information content (AvgIpc) is 2.66. The maximum absolute atomic E-state index is 10.9. The summed E-state index contributed by atoms with van der Waals surface area (Å²) in [5.41, 5.74) is 0. The highest BCUT2D eigenvalue weighted by Gasteiger charge is 1.95. The lowest BCUT2D eigenvalue weighted by Gasteiger charge is -1.98. The van der Waals surface area contributed by atoms with Gasteiger partial charge >= 0.3 is 5.97 Å². The molecule has 27 heavy (non-hydrogen) atoms. The fraction of sp³-hybridized carbons (Fsp3) is 0.435. The lowest BCUT2D eigenvalue weighted by Crippen LogP contribution is -1.99. The van der Waals surface area contributed by atoms with Crippen LogP contribution >= 0.6 is 0 Å². The molecule has 0 radical (unpaired) electrons. The van der Waals surface area contributed by atoms with Crippen molar-refractivity contribution in [3.63, 3.8) is 0 Å². The van der Waals surface area contributed by atoms with Crippen LogP contribution in [0.5, 0.6) is 0 Å². The zero-order valence-corrected chi connectivity index (χ0v) is 16.4. The Bertz CT molecular complexity index is 585. The normalized spacial score (nSPS) is 14.4. The molecular weight excluding hydrogens is 340 g/mol. The van der Waals surface area contributed by atoms with Gasteiger partial charge in [-0.3, -0.25) is 4.79 Å². The molecule has 0 rings (SSSR count). The minimum absolute atomic E-state index is 0.203. The minimum atomic E-state index is -0.647. The molecule has 0 fully saturated rings. The highest BCUT2D eigenvalue weighted by atomic mass is 16.5. The van der Waals surface area contributed by atoms with Crippen LogP contribution in [0.25, 0.3) is 0 Å². The first-order valence-corrected chi connectivity index (χ1v) is 9.32. The third-order valence-corrected chi connectivity index (χ3v) is 3.36. The topological polar surface area (TPSA) is 66.8 Å². The fourth-order valence-electron chi connectivity index (χ4n) is 1.90. The van der Waals surface area contributed by atoms with Crippen LogP contribution in [-0.2, 0) is 9.53 Å². The zero-order chi connectivity index (χ0) is 20.2. The summed E-state index contributed by atoms with van der Waals surface area (Å²) in [5.74, 6) is 5.30. The summed E-state index contributed by atoms with van der Waals surface area (Å²) < 4.78 is 4.56. The van der Waals surface area contributed by atoms with Gasteiger partial charge in [0.05, 0.1) is 13.2 Å². The van der Waals surface area contributed by atoms with Crippen LogP contribution in [0.2, 0.25) is 0 Å². The quantitative estimate of drug-likeness (QED) is 0.235. The second kappa shape index (κ2) is 18.4. The highest BCUT2D eigenvalue weighted by molar-refractivity contribution is 5.69. The summed E-state index contributed by atoms with van der Waals surface area (Å²) in [4.78, 5) is 10.9. The van der Waals surface area contributed by atoms with Gasteiger partial charge < -0.3 is 14.9 Å². The van der Waals surface area contributed by atoms with E-state index < -0.39 is 12.2 Å². The number of carbonyl (C=O) groups excluding carboxylic acids is 1. The van der Waals surface area contributed by atoms with E-state index in [1.807, 2.05) is 43.4 Å². The number of esters is 1. The van der Waals surface area contributed by atoms with Crippen LogP contribution < -0.4 is 0 Å². The van der Waals surface area contributed by atoms with Gasteiger partial charge in [0.1, 0.15) is 6.10 Å². The Balaban J connectivity index is 3.91. The van der Waals surface area contributed by atoms with Gasteiger partial charge in [0.25, 0.3) is 0 Å². The zero-order valence-electron chi connectivity index (χ0n) is 16.4. The molecule has 0 heterocycles. The molecule has 0 aromatic heterocycles. The lowest BCUT2D eigenvalue weighted by molar-refractivity contribution is -0.140. The van der Waals surface area contributed by atoms with E-state index in [4.69, 9.17) is 0 Å². The van der Waals surface area contributed by atoms with Crippen LogP contribution in [-0.4, -0.2) is 35.5 Å². The summed E-state index contributed by atoms with van der Waals surface area (Å²) in [5, 5.41) is 19.4. The maximum atomic E-state index is 10.9. The van der Waals surface area contributed by atoms with E-state index in [0.717, 1.165) is 12.8 Å². The molecule has 148 valence electrons. The largest absolute Gasteiger partial charge is 0.469 e. The molecular formula is C23H32O4. The molecule has 0 aliphatic carbocycles. The van der Waals surface area contributed by atoms with E-state index in [1.54, 1.807) is 24.3 Å². The van der Waals surface area contributed by atoms with Crippen molar-refractivity contribution < 1.29 is 19.7 Å². The van der Waals surface area contributed by atoms with E-state index in [9.17, 15) is 15.0 Å². The number of allylic oxidation sites excluding steroid dienone is 7. The molecule has 0 aromatic rings. The number of methoxy groups -OCH3 is 1. The molecule has 2 atom stereocenters. The van der Waals surface area contributed by atoms with Gasteiger partial charge in [-0.2, -0.15) is 0 Å². The molecule has 0 amide bonds. The predicted molar refractivity (Wildman–Crippen MR) is 111 cm³/mol. The Morgan fingerprint density at radius 1 is 1.04 bits per heavy atom. The fourth-order valence-corrected chi connectivity index (χ4v) is 1.90. The van der Waals surface area contributed by atoms with Gasteiger partial charge in [-0.05, 0) is 31.8 Å². The molecule has 0 aliphatic heterocycles. The number of rotatable bonds is 12. The molecule has 0 bridgehead atoms. The Morgan fingerprint density at radius 2 is 1.78 bits per heavy atom. The van der Waals surface area contributed by atoms with Crippen molar-refractivity contribution in [1.29, 1.82) is 0 Å². The van der Waals surface area contributed by atoms with Crippen molar-refractivity contribution >= 4 is 5.97 Å². The molecule has 0 aliphatic rings. The Labute approximate surface area is 163 Å². The third kappa shape index (κ3) is 18.2. The van der Waals surface area contributed by atoms with Crippen LogP contribution in [0.4, 0.5) is 0 Å². The SMILES string of the molecule is CC/C=C\C[C@@H](O)C#C/C=C/C=C/[C@H](O)C/C=C\C/C=C\CCC(=O)OC. The van der Waals surface area contributed by atoms with Crippen LogP contribution in [0.3, 0.4) is 0 Å². The summed E-state index contributed by atoms with van der Waals surface area (Å²) in [6, 6.07) is 0. The van der Waals surface area contributed by atoms with Crippen LogP contribution in [0.15, 0.2) is 60.8 Å². The maximum Gasteiger partial charge on any atom is 0.305 e. The number of aliphatic hydroxyl groups excluding tert-OH is 2. The first-order valence-electron chi connectivity index (χ1n) is 9.32. The number of hydrogen-bond acceptors (Lipinski definition) is 4. The van der Waals surface area contributed by atoms with Gasteiger partial charge in [0.15, 0.2) is 0 Å². The van der Waals surface area contributed by atoms with E-state index in [2.05, 4.69) is 16.6 Å². The Morgan fingerprint density at radius 3 is 2.52 bits per heavy atom. The second-order valence-electron chi connectivity index (χ2n) is 5.76. The lowest BCUT2D eigenvalue weighted by atomic mass is 10.2. The molecule has 4 nitrogen and oxygen atoms in total. The first-order chi connectivity index (χ1) is 13.1. The number of hydrogen-bond donors (Lipinski definition) is 2. The molecule has 0 aromatic carbocycles. The van der Waals surface area contributed by atoms with Gasteiger partial charge in [-0.15, -0.1) is 0 Å². The molecule has 0 saturated carbocycles. The predicted octanol–water partition coefficient (Wildman–Crippen LogP) is 4.03. The van der Waals surface area contributed by atoms with E-state index in [1.165, 1.54) is 7.11 Å². The number of ether oxygens (including phenoxy) is 1. The van der Waals surface area contributed by atoms with Crippen LogP contribution in [0, 0.1) is 11.8 Å². The molecule has 4 heteroatoms. The Kier molecular flexibility index (Phi) is 16.8. The average molecular weight is 373 g/mol. The summed E-state index contributed by atoms with van der Waals surface area (Å²) in [6.45, 7) is 2.04. The van der Waals surface area contributed by atoms with E-state index in [0.29, 0.717) is 25.7 Å². The molecule has 2 N–H and O–H groups in total. The van der Waals surface area contributed by atoms with Gasteiger partial charge in [-0.1, -0.05) is 73.4 Å². The number of aliphatic hydroxyl groups is 2. The molecule has 0 unspecified atom stereocenters. The van der Waals surface area contributed by atoms with Crippen molar-refractivity contribution in [3.8, 4) is 11.8 Å². The van der Waals surface area contributed by atoms with Gasteiger partial charge in [0, 0.05) is 12.8 Å². The van der Waals surface area contributed by atoms with Crippen molar-refractivity contribution in [2.45, 2.75) is 57.7 Å². The van der Waals surface area contributed by atoms with E-state index in [-0.39, 0.29) is 5.97 Å². The summed E-state index contributed by atoms with van der Waals surface area (Å²) in [7, 11) is 1.38. The Hall–Kier alpha value is -2.35. The van der Waals surface area contributed by atoms with E-state index >= 15 is 0 Å². The van der Waals surface area contributed by atoms with Gasteiger partial charge in [-0.25, -0.2) is 0 Å². The van der Waals surface area contributed by atoms with Crippen LogP contribution in [0.1, 0.15) is 45.4 Å². The standard InChI is InChI=1S/C23H32O4/c1-3-4-11-16-21(24)18-13-9-10-14-19-22(25)17-12-7-5-6-8-15-20-23(26)27-2/h4,6-12,14,19,21-22,24-25H,3,5,15-17,20H2,1-2H3/b8-6-,10-9+,11-4-,12-7-,19-14+/t21-,22-/m1/s1. The monoisotopic (exact) mass is 372 g/mol. The summed E-state index contributed by atoms with van der Waals surface area (Å²) in [6.07, 6.45) is 21.2. The van der Waals surface area contributed by atoms with Crippen molar-refractivity contribution in [1.82, 2.24) is 0 Å². The van der Waals surface area contributed by atoms with Gasteiger partial charge in [0.2, 0.25) is 0 Å². The first kappa shape index (κ1) is 24.7. The highest BCUT2D eigenvalue weighted by Crippen LogP contribution is 1.99. The molecule has 0 spiro atoms. The minimum Gasteiger partial charge on any atom is -0.469 e. The van der Waals surface area contributed by atoms with Crippen molar-refractivity contribution in [2.75, 3.05) is 7.11 Å². The summed E-state index contributed by atoms with van der Waals surface area (Å²) >= 11 is 0. The second-order valence-corrected chi connectivity index (χ2v) is 5.76. The van der Waals surface area contributed by atoms with Crippen molar-refractivity contribution in [2.24, 2.45) is 0 Å². The smallest absolute Gasteiger partial charge is 0.305 e. The van der Waals surface area contributed by atoms with Crippen molar-refractivity contribution in [3.05, 3.63) is 60.8 Å². The molecule has 0 saturated heterocycles. The number of carbonyl (C=O) groups is 1. The third-order valence-electron chi connectivity index (χ3n) is 3.36.